The van der Waals surface area contributed by atoms with Crippen LogP contribution in [-0.4, -0.2) is 11.1 Å². The topological polar surface area (TPSA) is 63.3 Å². The molecule has 5 heteroatoms. The molecular weight excluding hydrogens is 213 g/mol. The van der Waals surface area contributed by atoms with Crippen molar-refractivity contribution in [1.82, 2.24) is 0 Å². The largest absolute Gasteiger partial charge is 0.481 e. The maximum atomic E-state index is 10.4. The highest BCUT2D eigenvalue weighted by atomic mass is 35.5. The standard InChI is InChI=1S/C8H7Cl2NO2/c9-5-2-1-4(3-6(12)13)7(10)8(5)11/h1-2H,3,11H2,(H,12,13). The maximum Gasteiger partial charge on any atom is 0.307 e. The Morgan fingerprint density at radius 1 is 1.46 bits per heavy atom. The quantitative estimate of drug-likeness (QED) is 0.751. The van der Waals surface area contributed by atoms with Crippen molar-refractivity contribution in [1.29, 1.82) is 0 Å². The van der Waals surface area contributed by atoms with Gasteiger partial charge in [-0.05, 0) is 11.6 Å². The van der Waals surface area contributed by atoms with Crippen molar-refractivity contribution in [3.8, 4) is 0 Å². The summed E-state index contributed by atoms with van der Waals surface area (Å²) in [5.74, 6) is -0.955. The van der Waals surface area contributed by atoms with Gasteiger partial charge in [-0.1, -0.05) is 29.3 Å². The van der Waals surface area contributed by atoms with Crippen LogP contribution in [0.5, 0.6) is 0 Å². The lowest BCUT2D eigenvalue weighted by atomic mass is 10.1. The molecule has 3 nitrogen and oxygen atoms in total. The molecule has 0 aliphatic carbocycles. The number of hydrogen-bond donors (Lipinski definition) is 2. The summed E-state index contributed by atoms with van der Waals surface area (Å²) in [5, 5.41) is 9.07. The molecule has 0 unspecified atom stereocenters. The van der Waals surface area contributed by atoms with Gasteiger partial charge < -0.3 is 10.8 Å². The van der Waals surface area contributed by atoms with Crippen LogP contribution < -0.4 is 5.73 Å². The fourth-order valence-corrected chi connectivity index (χ4v) is 1.35. The Morgan fingerprint density at radius 2 is 2.08 bits per heavy atom. The molecule has 0 aromatic heterocycles. The first-order valence-corrected chi connectivity index (χ1v) is 4.22. The number of carbonyl (C=O) groups is 1. The Bertz CT molecular complexity index is 352. The van der Waals surface area contributed by atoms with Crippen LogP contribution in [0.15, 0.2) is 12.1 Å². The highest BCUT2D eigenvalue weighted by Crippen LogP contribution is 2.30. The van der Waals surface area contributed by atoms with Crippen LogP contribution in [0.4, 0.5) is 5.69 Å². The van der Waals surface area contributed by atoms with Crippen LogP contribution in [0.25, 0.3) is 0 Å². The number of aliphatic carboxylic acids is 1. The van der Waals surface area contributed by atoms with E-state index in [4.69, 9.17) is 34.0 Å². The van der Waals surface area contributed by atoms with Crippen molar-refractivity contribution >= 4 is 34.9 Å². The third-order valence-electron chi connectivity index (χ3n) is 1.55. The van der Waals surface area contributed by atoms with Gasteiger partial charge in [-0.25, -0.2) is 0 Å². The number of carboxylic acids is 1. The molecule has 0 saturated carbocycles. The smallest absolute Gasteiger partial charge is 0.307 e. The number of rotatable bonds is 2. The molecule has 0 saturated heterocycles. The third-order valence-corrected chi connectivity index (χ3v) is 2.32. The highest BCUT2D eigenvalue weighted by Gasteiger charge is 2.09. The summed E-state index contributed by atoms with van der Waals surface area (Å²) < 4.78 is 0. The van der Waals surface area contributed by atoms with Gasteiger partial charge >= 0.3 is 5.97 Å². The van der Waals surface area contributed by atoms with Crippen molar-refractivity contribution in [3.63, 3.8) is 0 Å². The van der Waals surface area contributed by atoms with Gasteiger partial charge in [0.2, 0.25) is 0 Å². The van der Waals surface area contributed by atoms with Gasteiger partial charge in [-0.2, -0.15) is 0 Å². The zero-order chi connectivity index (χ0) is 10.0. The first-order chi connectivity index (χ1) is 6.02. The van der Waals surface area contributed by atoms with Gasteiger partial charge in [0.25, 0.3) is 0 Å². The van der Waals surface area contributed by atoms with Gasteiger partial charge in [-0.3, -0.25) is 4.79 Å². The average molecular weight is 220 g/mol. The van der Waals surface area contributed by atoms with Crippen LogP contribution in [0, 0.1) is 0 Å². The number of nitrogens with two attached hydrogens (primary N) is 1. The lowest BCUT2D eigenvalue weighted by Crippen LogP contribution is -2.02. The average Bonchev–Trinajstić information content (AvgIpc) is 2.06. The Hall–Kier alpha value is -0.930. The number of halogens is 2. The predicted octanol–water partition coefficient (Wildman–Crippen LogP) is 2.20. The van der Waals surface area contributed by atoms with E-state index in [1.807, 2.05) is 0 Å². The van der Waals surface area contributed by atoms with Gasteiger partial charge in [0, 0.05) is 0 Å². The van der Waals surface area contributed by atoms with Gasteiger partial charge in [0.05, 0.1) is 22.2 Å². The number of benzene rings is 1. The number of hydrogen-bond acceptors (Lipinski definition) is 2. The van der Waals surface area contributed by atoms with E-state index in [2.05, 4.69) is 0 Å². The molecule has 0 atom stereocenters. The van der Waals surface area contributed by atoms with Crippen LogP contribution in [-0.2, 0) is 11.2 Å². The number of anilines is 1. The second-order valence-electron chi connectivity index (χ2n) is 2.50. The summed E-state index contributed by atoms with van der Waals surface area (Å²) in [6, 6.07) is 3.08. The van der Waals surface area contributed by atoms with E-state index in [1.165, 1.54) is 6.07 Å². The summed E-state index contributed by atoms with van der Waals surface area (Å²) in [6.45, 7) is 0. The van der Waals surface area contributed by atoms with Crippen molar-refractivity contribution < 1.29 is 9.90 Å². The van der Waals surface area contributed by atoms with Gasteiger partial charge in [-0.15, -0.1) is 0 Å². The van der Waals surface area contributed by atoms with Crippen LogP contribution in [0.3, 0.4) is 0 Å². The number of nitrogen functional groups attached to an aromatic ring is 1. The summed E-state index contributed by atoms with van der Waals surface area (Å²) in [5.41, 5.74) is 6.19. The van der Waals surface area contributed by atoms with Crippen molar-refractivity contribution in [3.05, 3.63) is 27.7 Å². The van der Waals surface area contributed by atoms with E-state index in [9.17, 15) is 4.79 Å². The fourth-order valence-electron chi connectivity index (χ4n) is 0.914. The first-order valence-electron chi connectivity index (χ1n) is 3.46. The van der Waals surface area contributed by atoms with E-state index in [1.54, 1.807) is 6.07 Å². The van der Waals surface area contributed by atoms with Crippen LogP contribution in [0.2, 0.25) is 10.0 Å². The normalized spacial score (nSPS) is 10.0. The molecule has 0 bridgehead atoms. The summed E-state index contributed by atoms with van der Waals surface area (Å²) in [7, 11) is 0. The molecular formula is C8H7Cl2NO2. The Morgan fingerprint density at radius 3 is 2.62 bits per heavy atom. The molecule has 0 spiro atoms. The molecule has 70 valence electrons. The molecule has 0 amide bonds. The van der Waals surface area contributed by atoms with Crippen molar-refractivity contribution in [2.24, 2.45) is 0 Å². The van der Waals surface area contributed by atoms with Gasteiger partial charge in [0.15, 0.2) is 0 Å². The summed E-state index contributed by atoms with van der Waals surface area (Å²) in [4.78, 5) is 10.4. The number of carboxylic acid groups (broad SMARTS) is 1. The summed E-state index contributed by atoms with van der Waals surface area (Å²) >= 11 is 11.4. The Labute approximate surface area is 85.1 Å². The SMILES string of the molecule is Nc1c(Cl)ccc(CC(=O)O)c1Cl. The van der Waals surface area contributed by atoms with Crippen LogP contribution in [0.1, 0.15) is 5.56 Å². The van der Waals surface area contributed by atoms with E-state index >= 15 is 0 Å². The van der Waals surface area contributed by atoms with E-state index in [0.717, 1.165) is 0 Å². The minimum Gasteiger partial charge on any atom is -0.481 e. The Kier molecular flexibility index (Phi) is 3.01. The zero-order valence-electron chi connectivity index (χ0n) is 6.55. The van der Waals surface area contributed by atoms with Crippen molar-refractivity contribution in [2.75, 3.05) is 5.73 Å². The molecule has 0 fully saturated rings. The Balaban J connectivity index is 3.10. The van der Waals surface area contributed by atoms with Gasteiger partial charge in [0.1, 0.15) is 0 Å². The second-order valence-corrected chi connectivity index (χ2v) is 3.29. The van der Waals surface area contributed by atoms with Crippen LogP contribution >= 0.6 is 23.2 Å². The van der Waals surface area contributed by atoms with E-state index in [-0.39, 0.29) is 17.1 Å². The van der Waals surface area contributed by atoms with E-state index < -0.39 is 5.97 Å². The minimum absolute atomic E-state index is 0.153. The summed E-state index contributed by atoms with van der Waals surface area (Å²) in [6.07, 6.45) is -0.153. The molecule has 0 heterocycles. The molecule has 0 aliphatic heterocycles. The second kappa shape index (κ2) is 3.85. The fraction of sp³-hybridized carbons (Fsp3) is 0.125. The predicted molar refractivity (Wildman–Crippen MR) is 52.2 cm³/mol. The lowest BCUT2D eigenvalue weighted by molar-refractivity contribution is -0.136. The molecule has 1 aromatic carbocycles. The van der Waals surface area contributed by atoms with E-state index in [0.29, 0.717) is 10.6 Å². The molecule has 13 heavy (non-hydrogen) atoms. The molecule has 1 rings (SSSR count). The maximum absolute atomic E-state index is 10.4. The zero-order valence-corrected chi connectivity index (χ0v) is 8.06. The third kappa shape index (κ3) is 2.26. The minimum atomic E-state index is -0.955. The monoisotopic (exact) mass is 219 g/mol. The molecule has 0 radical (unpaired) electrons. The van der Waals surface area contributed by atoms with Crippen molar-refractivity contribution in [2.45, 2.75) is 6.42 Å². The first kappa shape index (κ1) is 10.2. The molecule has 3 N–H and O–H groups in total. The molecule has 0 aliphatic rings. The molecule has 1 aromatic rings. The highest BCUT2D eigenvalue weighted by molar-refractivity contribution is 6.39. The lowest BCUT2D eigenvalue weighted by Gasteiger charge is -2.05.